The fourth-order valence-corrected chi connectivity index (χ4v) is 4.67. The summed E-state index contributed by atoms with van der Waals surface area (Å²) in [4.78, 5) is 12.3. The molecule has 0 radical (unpaired) electrons. The van der Waals surface area contributed by atoms with Crippen LogP contribution in [-0.4, -0.2) is 24.5 Å². The molecule has 0 aliphatic heterocycles. The van der Waals surface area contributed by atoms with Gasteiger partial charge < -0.3 is 0 Å². The maximum atomic E-state index is 12.6. The topological polar surface area (TPSA) is 101 Å². The van der Waals surface area contributed by atoms with Crippen LogP contribution in [0.25, 0.3) is 0 Å². The normalized spacial score (nSPS) is 12.5. The number of benzene rings is 2. The molecule has 0 saturated heterocycles. The van der Waals surface area contributed by atoms with Crippen LogP contribution >= 0.6 is 11.3 Å². The highest BCUT2D eigenvalue weighted by Crippen LogP contribution is 2.23. The lowest BCUT2D eigenvalue weighted by molar-refractivity contribution is 0.102. The number of nitrogens with zero attached hydrogens (tertiary/aromatic N) is 2. The summed E-state index contributed by atoms with van der Waals surface area (Å²) >= 11 is 0.802. The molecule has 3 rings (SSSR count). The highest BCUT2D eigenvalue weighted by atomic mass is 32.2. The number of nitrogens with one attached hydrogen (secondary N) is 2. The molecule has 1 aromatic heterocycles. The Morgan fingerprint density at radius 3 is 2.43 bits per heavy atom. The zero-order valence-electron chi connectivity index (χ0n) is 15.6. The van der Waals surface area contributed by atoms with Crippen molar-refractivity contribution < 1.29 is 13.2 Å². The number of rotatable bonds is 6. The van der Waals surface area contributed by atoms with E-state index in [1.165, 1.54) is 0 Å². The molecule has 2 N–H and O–H groups in total. The molecular weight excluding hydrogens is 396 g/mol. The number of aryl methyl sites for hydroxylation is 2. The van der Waals surface area contributed by atoms with Gasteiger partial charge in [0.1, 0.15) is 0 Å². The van der Waals surface area contributed by atoms with E-state index in [1.807, 2.05) is 44.2 Å². The van der Waals surface area contributed by atoms with Gasteiger partial charge in [0.15, 0.2) is 0 Å². The van der Waals surface area contributed by atoms with Gasteiger partial charge in [-0.3, -0.25) is 10.1 Å². The third kappa shape index (κ3) is 4.80. The van der Waals surface area contributed by atoms with E-state index in [0.717, 1.165) is 28.0 Å². The fourth-order valence-electron chi connectivity index (χ4n) is 2.53. The van der Waals surface area contributed by atoms with Gasteiger partial charge in [0.25, 0.3) is 15.9 Å². The van der Waals surface area contributed by atoms with E-state index < -0.39 is 16.1 Å². The van der Waals surface area contributed by atoms with E-state index in [-0.39, 0.29) is 15.4 Å². The van der Waals surface area contributed by atoms with Crippen LogP contribution in [0.5, 0.6) is 0 Å². The second-order valence-electron chi connectivity index (χ2n) is 6.45. The van der Waals surface area contributed by atoms with Crippen LogP contribution in [0.4, 0.5) is 5.13 Å². The molecule has 1 unspecified atom stereocenters. The Balaban J connectivity index is 1.71. The lowest BCUT2D eigenvalue weighted by Crippen LogP contribution is -2.26. The van der Waals surface area contributed by atoms with Crippen LogP contribution in [-0.2, 0) is 10.0 Å². The van der Waals surface area contributed by atoms with Gasteiger partial charge in [-0.15, -0.1) is 10.2 Å². The number of aromatic nitrogens is 2. The predicted molar refractivity (Wildman–Crippen MR) is 109 cm³/mol. The second kappa shape index (κ2) is 8.17. The number of hydrogen-bond acceptors (Lipinski definition) is 6. The SMILES string of the molecule is Cc1ccc(C(C)NS(=O)(=O)c2nnc(NC(=O)c3cccc(C)c3)s2)cc1. The summed E-state index contributed by atoms with van der Waals surface area (Å²) in [7, 11) is -3.86. The Hall–Kier alpha value is -2.62. The summed E-state index contributed by atoms with van der Waals surface area (Å²) in [6.07, 6.45) is 0. The van der Waals surface area contributed by atoms with Crippen LogP contribution in [0.1, 0.15) is 40.0 Å². The Morgan fingerprint density at radius 2 is 1.75 bits per heavy atom. The van der Waals surface area contributed by atoms with Gasteiger partial charge in [0.05, 0.1) is 0 Å². The third-order valence-corrected chi connectivity index (χ3v) is 6.79. The molecule has 0 spiro atoms. The number of anilines is 1. The van der Waals surface area contributed by atoms with Crippen molar-refractivity contribution in [2.24, 2.45) is 0 Å². The molecule has 3 aromatic rings. The standard InChI is InChI=1S/C19H20N4O3S2/c1-12-7-9-15(10-8-12)14(3)23-28(25,26)19-22-21-18(27-19)20-17(24)16-6-4-5-13(2)11-16/h4-11,14,23H,1-3H3,(H,20,21,24). The van der Waals surface area contributed by atoms with Crippen LogP contribution in [0.3, 0.4) is 0 Å². The molecule has 9 heteroatoms. The van der Waals surface area contributed by atoms with E-state index in [0.29, 0.717) is 5.56 Å². The van der Waals surface area contributed by atoms with Gasteiger partial charge in [0.2, 0.25) is 9.47 Å². The molecule has 2 aromatic carbocycles. The van der Waals surface area contributed by atoms with Crippen LogP contribution in [0.2, 0.25) is 0 Å². The molecule has 1 heterocycles. The average Bonchev–Trinajstić information content (AvgIpc) is 3.11. The molecule has 0 fully saturated rings. The molecule has 0 aliphatic rings. The largest absolute Gasteiger partial charge is 0.296 e. The van der Waals surface area contributed by atoms with E-state index in [9.17, 15) is 13.2 Å². The monoisotopic (exact) mass is 416 g/mol. The van der Waals surface area contributed by atoms with E-state index in [4.69, 9.17) is 0 Å². The van der Waals surface area contributed by atoms with Crippen molar-refractivity contribution in [3.63, 3.8) is 0 Å². The number of carbonyl (C=O) groups is 1. The quantitative estimate of drug-likeness (QED) is 0.600. The maximum absolute atomic E-state index is 12.6. The van der Waals surface area contributed by atoms with Crippen LogP contribution in [0.15, 0.2) is 52.9 Å². The van der Waals surface area contributed by atoms with Gasteiger partial charge in [-0.1, -0.05) is 58.9 Å². The summed E-state index contributed by atoms with van der Waals surface area (Å²) in [5, 5.41) is 10.2. The molecule has 0 bridgehead atoms. The lowest BCUT2D eigenvalue weighted by Gasteiger charge is -2.13. The van der Waals surface area contributed by atoms with Crippen molar-refractivity contribution in [1.82, 2.24) is 14.9 Å². The van der Waals surface area contributed by atoms with Crippen LogP contribution in [0, 0.1) is 13.8 Å². The third-order valence-electron chi connectivity index (χ3n) is 4.05. The minimum absolute atomic E-state index is 0.120. The minimum Gasteiger partial charge on any atom is -0.296 e. The Morgan fingerprint density at radius 1 is 1.04 bits per heavy atom. The molecule has 146 valence electrons. The molecule has 0 saturated carbocycles. The minimum atomic E-state index is -3.86. The first kappa shape index (κ1) is 20.1. The average molecular weight is 417 g/mol. The van der Waals surface area contributed by atoms with Gasteiger partial charge in [-0.2, -0.15) is 0 Å². The van der Waals surface area contributed by atoms with E-state index in [2.05, 4.69) is 20.2 Å². The van der Waals surface area contributed by atoms with Crippen molar-refractivity contribution >= 4 is 32.4 Å². The van der Waals surface area contributed by atoms with Gasteiger partial charge in [0, 0.05) is 11.6 Å². The summed E-state index contributed by atoms with van der Waals surface area (Å²) < 4.78 is 27.5. The van der Waals surface area contributed by atoms with Crippen molar-refractivity contribution in [1.29, 1.82) is 0 Å². The van der Waals surface area contributed by atoms with E-state index >= 15 is 0 Å². The number of sulfonamides is 1. The molecule has 7 nitrogen and oxygen atoms in total. The highest BCUT2D eigenvalue weighted by Gasteiger charge is 2.23. The van der Waals surface area contributed by atoms with Gasteiger partial charge in [-0.05, 0) is 38.5 Å². The first-order valence-electron chi connectivity index (χ1n) is 8.55. The highest BCUT2D eigenvalue weighted by molar-refractivity contribution is 7.91. The Bertz CT molecular complexity index is 1090. The summed E-state index contributed by atoms with van der Waals surface area (Å²) in [5.74, 6) is -0.371. The molecule has 0 aliphatic carbocycles. The maximum Gasteiger partial charge on any atom is 0.270 e. The summed E-state index contributed by atoms with van der Waals surface area (Å²) in [5.41, 5.74) is 3.34. The summed E-state index contributed by atoms with van der Waals surface area (Å²) in [6.45, 7) is 5.60. The first-order valence-corrected chi connectivity index (χ1v) is 10.8. The molecule has 1 amide bonds. The summed E-state index contributed by atoms with van der Waals surface area (Å²) in [6, 6.07) is 14.2. The fraction of sp³-hybridized carbons (Fsp3) is 0.211. The molecule has 28 heavy (non-hydrogen) atoms. The first-order chi connectivity index (χ1) is 13.2. The molecule has 1 atom stereocenters. The second-order valence-corrected chi connectivity index (χ2v) is 9.32. The Labute approximate surface area is 167 Å². The predicted octanol–water partition coefficient (Wildman–Crippen LogP) is 3.45. The van der Waals surface area contributed by atoms with Gasteiger partial charge >= 0.3 is 0 Å². The number of amides is 1. The van der Waals surface area contributed by atoms with E-state index in [1.54, 1.807) is 25.1 Å². The smallest absolute Gasteiger partial charge is 0.270 e. The lowest BCUT2D eigenvalue weighted by atomic mass is 10.1. The van der Waals surface area contributed by atoms with Crippen molar-refractivity contribution in [3.8, 4) is 0 Å². The Kier molecular flexibility index (Phi) is 5.87. The zero-order valence-corrected chi connectivity index (χ0v) is 17.3. The number of carbonyl (C=O) groups excluding carboxylic acids is 1. The number of hydrogen-bond donors (Lipinski definition) is 2. The van der Waals surface area contributed by atoms with Crippen molar-refractivity contribution in [2.75, 3.05) is 5.32 Å². The van der Waals surface area contributed by atoms with Crippen molar-refractivity contribution in [3.05, 3.63) is 70.8 Å². The van der Waals surface area contributed by atoms with Crippen molar-refractivity contribution in [2.45, 2.75) is 31.2 Å². The molecular formula is C19H20N4O3S2. The van der Waals surface area contributed by atoms with Gasteiger partial charge in [-0.25, -0.2) is 13.1 Å². The van der Waals surface area contributed by atoms with Crippen LogP contribution < -0.4 is 10.0 Å². The zero-order chi connectivity index (χ0) is 20.3.